The van der Waals surface area contributed by atoms with Crippen LogP contribution < -0.4 is 5.32 Å². The van der Waals surface area contributed by atoms with Gasteiger partial charge in [-0.3, -0.25) is 9.30 Å². The van der Waals surface area contributed by atoms with Crippen molar-refractivity contribution in [2.24, 2.45) is 0 Å². The zero-order valence-electron chi connectivity index (χ0n) is 12.0. The average Bonchev–Trinajstić information content (AvgIpc) is 3.11. The topological polar surface area (TPSA) is 32.6 Å². The lowest BCUT2D eigenvalue weighted by Gasteiger charge is -2.37. The van der Waals surface area contributed by atoms with E-state index in [1.807, 2.05) is 0 Å². The van der Waals surface area contributed by atoms with Crippen LogP contribution in [0, 0.1) is 0 Å². The zero-order chi connectivity index (χ0) is 13.5. The van der Waals surface area contributed by atoms with Crippen molar-refractivity contribution in [3.63, 3.8) is 0 Å². The van der Waals surface area contributed by atoms with Crippen LogP contribution in [0.1, 0.15) is 38.3 Å². The summed E-state index contributed by atoms with van der Waals surface area (Å²) in [6.45, 7) is 4.40. The molecule has 0 aromatic carbocycles. The fraction of sp³-hybridized carbons (Fsp3) is 0.667. The summed E-state index contributed by atoms with van der Waals surface area (Å²) in [5.41, 5.74) is 1.21. The van der Waals surface area contributed by atoms with Crippen LogP contribution in [0.3, 0.4) is 0 Å². The number of imidazole rings is 1. The third-order valence-electron chi connectivity index (χ3n) is 4.88. The molecule has 0 amide bonds. The van der Waals surface area contributed by atoms with Gasteiger partial charge in [0.25, 0.3) is 0 Å². The van der Waals surface area contributed by atoms with E-state index in [1.165, 1.54) is 31.4 Å². The van der Waals surface area contributed by atoms with E-state index in [0.29, 0.717) is 0 Å². The Morgan fingerprint density at radius 3 is 2.90 bits per heavy atom. The molecule has 2 atom stereocenters. The highest BCUT2D eigenvalue weighted by Crippen LogP contribution is 2.30. The van der Waals surface area contributed by atoms with Crippen molar-refractivity contribution < 1.29 is 0 Å². The molecule has 2 aliphatic heterocycles. The van der Waals surface area contributed by atoms with Crippen LogP contribution in [-0.4, -0.2) is 39.0 Å². The zero-order valence-corrected chi connectivity index (χ0v) is 12.8. The van der Waals surface area contributed by atoms with Gasteiger partial charge in [-0.1, -0.05) is 6.92 Å². The maximum Gasteiger partial charge on any atom is 0.193 e. The molecule has 4 rings (SSSR count). The molecule has 2 aromatic heterocycles. The second-order valence-electron chi connectivity index (χ2n) is 6.15. The van der Waals surface area contributed by atoms with Crippen molar-refractivity contribution >= 4 is 16.3 Å². The highest BCUT2D eigenvalue weighted by molar-refractivity contribution is 7.15. The summed E-state index contributed by atoms with van der Waals surface area (Å²) in [5.74, 6) is 0. The summed E-state index contributed by atoms with van der Waals surface area (Å²) < 4.78 is 2.14. The molecule has 2 bridgehead atoms. The molecule has 1 N–H and O–H groups in total. The van der Waals surface area contributed by atoms with Crippen LogP contribution in [0.2, 0.25) is 0 Å². The summed E-state index contributed by atoms with van der Waals surface area (Å²) in [4.78, 5) is 8.47. The van der Waals surface area contributed by atoms with Gasteiger partial charge in [0, 0.05) is 42.4 Å². The number of nitrogens with zero attached hydrogens (tertiary/aromatic N) is 3. The van der Waals surface area contributed by atoms with Crippen LogP contribution in [0.25, 0.3) is 4.96 Å². The number of thiazole rings is 1. The predicted molar refractivity (Wildman–Crippen MR) is 82.1 cm³/mol. The van der Waals surface area contributed by atoms with Gasteiger partial charge in [0.2, 0.25) is 0 Å². The smallest absolute Gasteiger partial charge is 0.193 e. The van der Waals surface area contributed by atoms with Crippen LogP contribution >= 0.6 is 11.3 Å². The first-order valence-corrected chi connectivity index (χ1v) is 8.61. The number of piperidine rings is 1. The maximum atomic E-state index is 4.73. The third kappa shape index (κ3) is 2.28. The molecule has 108 valence electrons. The van der Waals surface area contributed by atoms with Crippen molar-refractivity contribution in [2.45, 2.75) is 57.3 Å². The summed E-state index contributed by atoms with van der Waals surface area (Å²) >= 11 is 1.71. The Morgan fingerprint density at radius 2 is 2.20 bits per heavy atom. The van der Waals surface area contributed by atoms with Gasteiger partial charge >= 0.3 is 0 Å². The molecule has 2 fully saturated rings. The molecule has 0 aliphatic carbocycles. The second kappa shape index (κ2) is 5.13. The van der Waals surface area contributed by atoms with E-state index in [0.717, 1.165) is 36.2 Å². The molecule has 2 aliphatic rings. The maximum absolute atomic E-state index is 4.73. The highest BCUT2D eigenvalue weighted by Gasteiger charge is 2.35. The number of rotatable bonds is 4. The van der Waals surface area contributed by atoms with Gasteiger partial charge in [0.05, 0.1) is 5.69 Å². The monoisotopic (exact) mass is 290 g/mol. The predicted octanol–water partition coefficient (Wildman–Crippen LogP) is 2.50. The standard InChI is InChI=1S/C15H22N4S/c1-2-18(14-7-11-3-4-12(8-14)16-11)9-13-10-19-5-6-20-15(19)17-13/h5-6,10-12,14,16H,2-4,7-9H2,1H3. The molecule has 0 saturated carbocycles. The number of fused-ring (bicyclic) bond motifs is 3. The molecule has 0 radical (unpaired) electrons. The fourth-order valence-electron chi connectivity index (χ4n) is 3.88. The highest BCUT2D eigenvalue weighted by atomic mass is 32.1. The average molecular weight is 290 g/mol. The SMILES string of the molecule is CCN(Cc1cn2ccsc2n1)C1CC2CCC(C1)N2. The van der Waals surface area contributed by atoms with Gasteiger partial charge in [0.15, 0.2) is 4.96 Å². The molecule has 0 spiro atoms. The summed E-state index contributed by atoms with van der Waals surface area (Å²) in [5, 5.41) is 5.83. The van der Waals surface area contributed by atoms with Crippen LogP contribution in [0.15, 0.2) is 17.8 Å². The van der Waals surface area contributed by atoms with E-state index < -0.39 is 0 Å². The summed E-state index contributed by atoms with van der Waals surface area (Å²) in [7, 11) is 0. The molecule has 5 heteroatoms. The van der Waals surface area contributed by atoms with Gasteiger partial charge < -0.3 is 5.32 Å². The second-order valence-corrected chi connectivity index (χ2v) is 7.02. The molecule has 2 aromatic rings. The third-order valence-corrected chi connectivity index (χ3v) is 5.65. The molecule has 4 nitrogen and oxygen atoms in total. The van der Waals surface area contributed by atoms with E-state index in [2.05, 4.69) is 39.3 Å². The van der Waals surface area contributed by atoms with E-state index in [1.54, 1.807) is 11.3 Å². The van der Waals surface area contributed by atoms with Gasteiger partial charge in [0.1, 0.15) is 0 Å². The quantitative estimate of drug-likeness (QED) is 0.939. The molecular weight excluding hydrogens is 268 g/mol. The Kier molecular flexibility index (Phi) is 3.28. The summed E-state index contributed by atoms with van der Waals surface area (Å²) in [6.07, 6.45) is 9.65. The lowest BCUT2D eigenvalue weighted by Crippen LogP contribution is -2.47. The lowest BCUT2D eigenvalue weighted by atomic mass is 9.98. The Bertz CT molecular complexity index is 549. The Morgan fingerprint density at radius 1 is 1.40 bits per heavy atom. The minimum Gasteiger partial charge on any atom is -0.311 e. The van der Waals surface area contributed by atoms with Gasteiger partial charge in [-0.15, -0.1) is 11.3 Å². The van der Waals surface area contributed by atoms with Crippen molar-refractivity contribution in [1.29, 1.82) is 0 Å². The number of hydrogen-bond acceptors (Lipinski definition) is 4. The Balaban J connectivity index is 1.49. The molecule has 2 saturated heterocycles. The van der Waals surface area contributed by atoms with Gasteiger partial charge in [-0.05, 0) is 32.2 Å². The van der Waals surface area contributed by atoms with Gasteiger partial charge in [-0.2, -0.15) is 0 Å². The molecule has 4 heterocycles. The van der Waals surface area contributed by atoms with E-state index in [-0.39, 0.29) is 0 Å². The van der Waals surface area contributed by atoms with E-state index >= 15 is 0 Å². The van der Waals surface area contributed by atoms with Crippen molar-refractivity contribution in [3.05, 3.63) is 23.5 Å². The largest absolute Gasteiger partial charge is 0.311 e. The van der Waals surface area contributed by atoms with Crippen molar-refractivity contribution in [1.82, 2.24) is 19.6 Å². The Hall–Kier alpha value is -0.910. The van der Waals surface area contributed by atoms with Crippen molar-refractivity contribution in [3.8, 4) is 0 Å². The Labute approximate surface area is 123 Å². The van der Waals surface area contributed by atoms with Gasteiger partial charge in [-0.25, -0.2) is 4.98 Å². The van der Waals surface area contributed by atoms with Crippen molar-refractivity contribution in [2.75, 3.05) is 6.54 Å². The number of nitrogens with one attached hydrogen (secondary N) is 1. The minimum absolute atomic E-state index is 0.735. The number of aromatic nitrogens is 2. The van der Waals surface area contributed by atoms with Crippen LogP contribution in [0.5, 0.6) is 0 Å². The minimum atomic E-state index is 0.735. The molecule has 2 unspecified atom stereocenters. The first-order chi connectivity index (χ1) is 9.81. The molecule has 20 heavy (non-hydrogen) atoms. The normalized spacial score (nSPS) is 29.6. The van der Waals surface area contributed by atoms with Crippen LogP contribution in [0.4, 0.5) is 0 Å². The van der Waals surface area contributed by atoms with E-state index in [9.17, 15) is 0 Å². The first-order valence-electron chi connectivity index (χ1n) is 7.73. The van der Waals surface area contributed by atoms with Crippen LogP contribution in [-0.2, 0) is 6.54 Å². The molecular formula is C15H22N4S. The van der Waals surface area contributed by atoms with E-state index in [4.69, 9.17) is 4.98 Å². The lowest BCUT2D eigenvalue weighted by molar-refractivity contribution is 0.139. The fourth-order valence-corrected chi connectivity index (χ4v) is 4.60. The first kappa shape index (κ1) is 12.8. The summed E-state index contributed by atoms with van der Waals surface area (Å²) in [6, 6.07) is 2.26. The number of hydrogen-bond donors (Lipinski definition) is 1.